The number of aryl methyl sites for hydroxylation is 1. The van der Waals surface area contributed by atoms with E-state index < -0.39 is 12.6 Å². The first kappa shape index (κ1) is 37.0. The molecule has 1 aromatic rings. The van der Waals surface area contributed by atoms with Crippen LogP contribution in [0.3, 0.4) is 0 Å². The third kappa shape index (κ3) is 7.74. The van der Waals surface area contributed by atoms with Gasteiger partial charge in [-0.15, -0.1) is 0 Å². The largest absolute Gasteiger partial charge is 0.450 e. The van der Waals surface area contributed by atoms with Gasteiger partial charge in [-0.2, -0.15) is 13.2 Å². The van der Waals surface area contributed by atoms with Crippen molar-refractivity contribution in [1.82, 2.24) is 0 Å². The molecule has 252 valence electrons. The number of allylic oxidation sites excluding steroid dienone is 2. The van der Waals surface area contributed by atoms with Gasteiger partial charge in [0.05, 0.1) is 12.2 Å². The summed E-state index contributed by atoms with van der Waals surface area (Å²) in [5.74, 6) is 4.05. The number of alkyl halides is 5. The Labute approximate surface area is 264 Å². The summed E-state index contributed by atoms with van der Waals surface area (Å²) in [5.41, 5.74) is 7.89. The fraction of sp³-hybridized carbons (Fsp3) is 0.789. The molecule has 3 saturated carbocycles. The summed E-state index contributed by atoms with van der Waals surface area (Å²) >= 11 is 0. The van der Waals surface area contributed by atoms with Crippen LogP contribution in [0.4, 0.5) is 22.0 Å². The van der Waals surface area contributed by atoms with E-state index in [0.717, 1.165) is 30.3 Å². The van der Waals surface area contributed by atoms with E-state index in [1.54, 1.807) is 5.56 Å². The number of halogens is 5. The highest BCUT2D eigenvalue weighted by molar-refractivity contribution is 5.41. The minimum absolute atomic E-state index is 0.182. The Balaban J connectivity index is 0.000000421. The molecule has 0 bridgehead atoms. The summed E-state index contributed by atoms with van der Waals surface area (Å²) in [6.45, 7) is 21.2. The van der Waals surface area contributed by atoms with Crippen LogP contribution in [0.2, 0.25) is 0 Å². The molecule has 6 rings (SSSR count). The summed E-state index contributed by atoms with van der Waals surface area (Å²) in [6.07, 6.45) is 4.08. The van der Waals surface area contributed by atoms with Crippen molar-refractivity contribution in [2.45, 2.75) is 151 Å². The lowest BCUT2D eigenvalue weighted by Gasteiger charge is -2.56. The van der Waals surface area contributed by atoms with Crippen molar-refractivity contribution in [3.8, 4) is 0 Å². The molecule has 1 saturated heterocycles. The second-order valence-electron chi connectivity index (χ2n) is 14.8. The number of hydrogen-bond donors (Lipinski definition) is 0. The summed E-state index contributed by atoms with van der Waals surface area (Å²) in [5, 5.41) is 0. The lowest BCUT2D eigenvalue weighted by Crippen LogP contribution is -2.48. The quantitative estimate of drug-likeness (QED) is 0.223. The van der Waals surface area contributed by atoms with Crippen LogP contribution in [0.1, 0.15) is 137 Å². The van der Waals surface area contributed by atoms with Gasteiger partial charge in [-0.25, -0.2) is 8.78 Å². The summed E-state index contributed by atoms with van der Waals surface area (Å²) in [7, 11) is 0. The maximum atomic E-state index is 10.4. The first-order valence-corrected chi connectivity index (χ1v) is 17.4. The van der Waals surface area contributed by atoms with Crippen LogP contribution in [0.15, 0.2) is 35.4 Å². The molecule has 1 nitrogen and oxygen atoms in total. The fourth-order valence-corrected chi connectivity index (χ4v) is 9.10. The van der Waals surface area contributed by atoms with Gasteiger partial charge in [0.1, 0.15) is 0 Å². The number of fused-ring (bicyclic) bond motifs is 4. The molecule has 0 radical (unpaired) electrons. The zero-order valence-corrected chi connectivity index (χ0v) is 28.8. The van der Waals surface area contributed by atoms with Crippen LogP contribution in [-0.2, 0) is 4.74 Å². The highest BCUT2D eigenvalue weighted by atomic mass is 19.4. The fourth-order valence-electron chi connectivity index (χ4n) is 9.10. The maximum Gasteiger partial charge on any atom is 0.450 e. The molecule has 7 unspecified atom stereocenters. The first-order chi connectivity index (χ1) is 20.6. The topological polar surface area (TPSA) is 9.23 Å². The Morgan fingerprint density at radius 2 is 1.45 bits per heavy atom. The smallest absolute Gasteiger partial charge is 0.374 e. The van der Waals surface area contributed by atoms with E-state index >= 15 is 0 Å². The van der Waals surface area contributed by atoms with E-state index in [1.165, 1.54) is 69.8 Å². The molecule has 1 heterocycles. The zero-order valence-electron chi connectivity index (χ0n) is 28.8. The third-order valence-electron chi connectivity index (χ3n) is 11.7. The average Bonchev–Trinajstić information content (AvgIpc) is 3.30. The van der Waals surface area contributed by atoms with Gasteiger partial charge in [-0.05, 0) is 111 Å². The lowest BCUT2D eigenvalue weighted by atomic mass is 9.50. The van der Waals surface area contributed by atoms with Crippen LogP contribution in [0, 0.1) is 41.4 Å². The Bertz CT molecular complexity index is 1080. The normalized spacial score (nSPS) is 35.6. The van der Waals surface area contributed by atoms with E-state index in [0.29, 0.717) is 16.7 Å². The van der Waals surface area contributed by atoms with Crippen molar-refractivity contribution in [2.24, 2.45) is 34.5 Å². The van der Waals surface area contributed by atoms with Gasteiger partial charge in [0.15, 0.2) is 0 Å². The summed E-state index contributed by atoms with van der Waals surface area (Å²) < 4.78 is 58.8. The first-order valence-electron chi connectivity index (χ1n) is 17.4. The molecule has 44 heavy (non-hydrogen) atoms. The van der Waals surface area contributed by atoms with Crippen LogP contribution < -0.4 is 0 Å². The summed E-state index contributed by atoms with van der Waals surface area (Å²) in [6, 6.07) is 9.65. The standard InChI is InChI=1S/C32H46O.C2HF5.2C2H6/c1-21-6-9-23(10-7-21)27-19-31(5)22(2)8-13-28(31)26-12-11-24-18-32(15-14-25(24)29(26)27)17-16-30(3,4)20-33-32;3-1(4)2(5,6)7;2*1-2/h6-7,9-10,22,24,26-28H,8,11-20H2,1-5H3;1H;2*1-2H3. The van der Waals surface area contributed by atoms with Crippen LogP contribution in [0.5, 0.6) is 0 Å². The lowest BCUT2D eigenvalue weighted by molar-refractivity contribution is -0.219. The SMILES string of the molecule is CC.CC.Cc1ccc(C2CC3(C)C(C)CCC3C3CCC4CC5(CCC4=C23)CCC(C)(C)CO5)cc1.FC(F)C(F)(F)F. The molecular weight excluding hydrogens is 567 g/mol. The molecule has 1 spiro atoms. The van der Waals surface area contributed by atoms with Crippen molar-refractivity contribution in [3.63, 3.8) is 0 Å². The molecule has 4 aliphatic carbocycles. The van der Waals surface area contributed by atoms with Crippen molar-refractivity contribution in [1.29, 1.82) is 0 Å². The van der Waals surface area contributed by atoms with Crippen molar-refractivity contribution in [2.75, 3.05) is 6.61 Å². The van der Waals surface area contributed by atoms with Gasteiger partial charge in [-0.1, -0.05) is 96.4 Å². The van der Waals surface area contributed by atoms with Gasteiger partial charge in [-0.3, -0.25) is 0 Å². The van der Waals surface area contributed by atoms with Crippen molar-refractivity contribution >= 4 is 0 Å². The average molecular weight is 627 g/mol. The van der Waals surface area contributed by atoms with E-state index in [-0.39, 0.29) is 5.60 Å². The highest BCUT2D eigenvalue weighted by Gasteiger charge is 2.56. The van der Waals surface area contributed by atoms with Crippen LogP contribution in [-0.4, -0.2) is 24.8 Å². The van der Waals surface area contributed by atoms with Crippen LogP contribution in [0.25, 0.3) is 0 Å². The van der Waals surface area contributed by atoms with E-state index in [2.05, 4.69) is 58.9 Å². The minimum atomic E-state index is -5.33. The number of hydrogen-bond acceptors (Lipinski definition) is 1. The van der Waals surface area contributed by atoms with Crippen molar-refractivity contribution in [3.05, 3.63) is 46.5 Å². The Kier molecular flexibility index (Phi) is 12.2. The van der Waals surface area contributed by atoms with Crippen LogP contribution >= 0.6 is 0 Å². The number of ether oxygens (including phenoxy) is 1. The molecule has 7 atom stereocenters. The third-order valence-corrected chi connectivity index (χ3v) is 11.7. The minimum Gasteiger partial charge on any atom is -0.374 e. The Hall–Kier alpha value is -1.43. The van der Waals surface area contributed by atoms with Gasteiger partial charge >= 0.3 is 12.6 Å². The molecule has 4 fully saturated rings. The molecule has 0 aromatic heterocycles. The molecule has 0 amide bonds. The van der Waals surface area contributed by atoms with E-state index in [9.17, 15) is 22.0 Å². The predicted octanol–water partition coefficient (Wildman–Crippen LogP) is 12.5. The van der Waals surface area contributed by atoms with Gasteiger partial charge < -0.3 is 4.74 Å². The molecule has 6 heteroatoms. The summed E-state index contributed by atoms with van der Waals surface area (Å²) in [4.78, 5) is 0. The van der Waals surface area contributed by atoms with E-state index in [1.807, 2.05) is 38.8 Å². The second kappa shape index (κ2) is 14.6. The molecule has 1 aliphatic heterocycles. The van der Waals surface area contributed by atoms with Gasteiger partial charge in [0, 0.05) is 5.92 Å². The highest BCUT2D eigenvalue weighted by Crippen LogP contribution is 2.66. The Morgan fingerprint density at radius 1 is 0.841 bits per heavy atom. The van der Waals surface area contributed by atoms with Gasteiger partial charge in [0.25, 0.3) is 0 Å². The second-order valence-corrected chi connectivity index (χ2v) is 14.8. The molecule has 0 N–H and O–H groups in total. The van der Waals surface area contributed by atoms with Crippen molar-refractivity contribution < 1.29 is 26.7 Å². The Morgan fingerprint density at radius 3 is 2.00 bits per heavy atom. The monoisotopic (exact) mass is 626 g/mol. The number of benzene rings is 1. The number of rotatable bonds is 1. The molecule has 1 aromatic carbocycles. The van der Waals surface area contributed by atoms with E-state index in [4.69, 9.17) is 4.74 Å². The van der Waals surface area contributed by atoms with Gasteiger partial charge in [0.2, 0.25) is 0 Å². The zero-order chi connectivity index (χ0) is 33.1. The molecular formula is C38H59F5O. The molecule has 5 aliphatic rings. The maximum absolute atomic E-state index is 10.4. The predicted molar refractivity (Wildman–Crippen MR) is 172 cm³/mol.